The van der Waals surface area contributed by atoms with E-state index in [1.165, 1.54) is 69.4 Å². The number of para-hydroxylation sites is 4. The molecular weight excluding hydrogens is 845 g/mol. The Balaban J connectivity index is 0.938. The highest BCUT2D eigenvalue weighted by atomic mass is 32.1. The van der Waals surface area contributed by atoms with Gasteiger partial charge in [0.1, 0.15) is 11.2 Å². The predicted octanol–water partition coefficient (Wildman–Crippen LogP) is 18.7. The first kappa shape index (κ1) is 38.6. The van der Waals surface area contributed by atoms with Gasteiger partial charge in [0.05, 0.1) is 22.4 Å². The van der Waals surface area contributed by atoms with Crippen LogP contribution in [0.5, 0.6) is 0 Å². The van der Waals surface area contributed by atoms with Crippen LogP contribution >= 0.6 is 11.3 Å². The number of furan rings is 1. The molecule has 318 valence electrons. The third-order valence-corrected chi connectivity index (χ3v) is 15.0. The van der Waals surface area contributed by atoms with Crippen LogP contribution in [0.1, 0.15) is 0 Å². The second-order valence-electron chi connectivity index (χ2n) is 17.6. The topological polar surface area (TPSA) is 21.3 Å². The van der Waals surface area contributed by atoms with Crippen LogP contribution in [0.2, 0.25) is 0 Å². The van der Waals surface area contributed by atoms with Crippen LogP contribution in [-0.4, -0.2) is 4.57 Å². The van der Waals surface area contributed by atoms with Crippen molar-refractivity contribution in [1.82, 2.24) is 4.57 Å². The molecule has 68 heavy (non-hydrogen) atoms. The lowest BCUT2D eigenvalue weighted by Gasteiger charge is -2.28. The Hall–Kier alpha value is -8.70. The fourth-order valence-electron chi connectivity index (χ4n) is 10.7. The Bertz CT molecular complexity index is 4210. The summed E-state index contributed by atoms with van der Waals surface area (Å²) in [4.78, 5) is 2.41. The summed E-state index contributed by atoms with van der Waals surface area (Å²) in [5.41, 5.74) is 15.5. The lowest BCUT2D eigenvalue weighted by Crippen LogP contribution is -2.11. The molecule has 3 heterocycles. The molecule has 14 rings (SSSR count). The number of hydrogen-bond acceptors (Lipinski definition) is 3. The molecule has 3 aromatic heterocycles. The highest BCUT2D eigenvalue weighted by Gasteiger charge is 2.22. The van der Waals surface area contributed by atoms with Crippen molar-refractivity contribution >= 4 is 103 Å². The third-order valence-electron chi connectivity index (χ3n) is 13.8. The van der Waals surface area contributed by atoms with Crippen molar-refractivity contribution in [2.45, 2.75) is 0 Å². The molecule has 0 radical (unpaired) electrons. The fraction of sp³-hybridized carbons (Fsp3) is 0. The van der Waals surface area contributed by atoms with Gasteiger partial charge in [0, 0.05) is 64.2 Å². The smallest absolute Gasteiger partial charge is 0.136 e. The van der Waals surface area contributed by atoms with Crippen molar-refractivity contribution < 1.29 is 4.42 Å². The quantitative estimate of drug-likeness (QED) is 0.159. The molecule has 4 heteroatoms. The molecular formula is C64H40N2OS. The van der Waals surface area contributed by atoms with Gasteiger partial charge < -0.3 is 13.9 Å². The van der Waals surface area contributed by atoms with E-state index in [1.54, 1.807) is 0 Å². The summed E-state index contributed by atoms with van der Waals surface area (Å²) in [5, 5.41) is 9.70. The minimum Gasteiger partial charge on any atom is -0.456 e. The lowest BCUT2D eigenvalue weighted by molar-refractivity contribution is 0.669. The van der Waals surface area contributed by atoms with Gasteiger partial charge >= 0.3 is 0 Å². The molecule has 3 nitrogen and oxygen atoms in total. The molecule has 0 bridgehead atoms. The first-order valence-electron chi connectivity index (χ1n) is 23.2. The van der Waals surface area contributed by atoms with Crippen molar-refractivity contribution in [2.75, 3.05) is 4.90 Å². The summed E-state index contributed by atoms with van der Waals surface area (Å²) >= 11 is 1.87. The summed E-state index contributed by atoms with van der Waals surface area (Å²) < 4.78 is 11.7. The molecule has 0 fully saturated rings. The molecule has 0 aliphatic carbocycles. The monoisotopic (exact) mass is 884 g/mol. The van der Waals surface area contributed by atoms with Crippen LogP contribution in [-0.2, 0) is 0 Å². The van der Waals surface area contributed by atoms with Gasteiger partial charge in [-0.1, -0.05) is 170 Å². The number of rotatable bonds is 7. The molecule has 0 atom stereocenters. The van der Waals surface area contributed by atoms with Crippen molar-refractivity contribution in [3.8, 4) is 39.1 Å². The summed E-state index contributed by atoms with van der Waals surface area (Å²) in [7, 11) is 0. The lowest BCUT2D eigenvalue weighted by atomic mass is 9.95. The molecule has 0 saturated carbocycles. The van der Waals surface area contributed by atoms with E-state index in [9.17, 15) is 0 Å². The summed E-state index contributed by atoms with van der Waals surface area (Å²) in [5.74, 6) is 0. The SMILES string of the molecule is c1ccc(N(c2ccc(-c3ccccc3-n3c4ccccc4c4ccccc43)cc2)c2ccc(-c3cccc4c3sc3ccccc34)cc2)c(-c2cccc3oc4cc5ccccc5cc4c23)c1. The van der Waals surface area contributed by atoms with Crippen LogP contribution in [0.15, 0.2) is 247 Å². The first-order chi connectivity index (χ1) is 33.7. The van der Waals surface area contributed by atoms with Crippen molar-refractivity contribution in [3.63, 3.8) is 0 Å². The zero-order valence-corrected chi connectivity index (χ0v) is 37.6. The van der Waals surface area contributed by atoms with Crippen LogP contribution in [0.4, 0.5) is 17.1 Å². The Morgan fingerprint density at radius 3 is 1.66 bits per heavy atom. The van der Waals surface area contributed by atoms with Gasteiger partial charge in [-0.15, -0.1) is 11.3 Å². The van der Waals surface area contributed by atoms with E-state index in [0.29, 0.717) is 0 Å². The van der Waals surface area contributed by atoms with Gasteiger partial charge in [0.15, 0.2) is 0 Å². The number of aromatic nitrogens is 1. The van der Waals surface area contributed by atoms with Crippen LogP contribution < -0.4 is 4.90 Å². The first-order valence-corrected chi connectivity index (χ1v) is 24.0. The second-order valence-corrected chi connectivity index (χ2v) is 18.6. The molecule has 0 spiro atoms. The van der Waals surface area contributed by atoms with E-state index in [-0.39, 0.29) is 0 Å². The average Bonchev–Trinajstić information content (AvgIpc) is 4.08. The molecule has 11 aromatic carbocycles. The summed E-state index contributed by atoms with van der Waals surface area (Å²) in [6.45, 7) is 0. The number of thiophene rings is 1. The number of nitrogens with zero attached hydrogens (tertiary/aromatic N) is 2. The van der Waals surface area contributed by atoms with E-state index >= 15 is 0 Å². The number of hydrogen-bond donors (Lipinski definition) is 0. The zero-order valence-electron chi connectivity index (χ0n) is 36.8. The Labute approximate surface area is 396 Å². The van der Waals surface area contributed by atoms with Gasteiger partial charge in [-0.05, 0) is 106 Å². The molecule has 0 amide bonds. The van der Waals surface area contributed by atoms with Crippen molar-refractivity contribution in [2.24, 2.45) is 0 Å². The van der Waals surface area contributed by atoms with E-state index < -0.39 is 0 Å². The van der Waals surface area contributed by atoms with E-state index in [1.807, 2.05) is 11.3 Å². The van der Waals surface area contributed by atoms with Crippen molar-refractivity contribution in [1.29, 1.82) is 0 Å². The van der Waals surface area contributed by atoms with E-state index in [4.69, 9.17) is 4.42 Å². The largest absolute Gasteiger partial charge is 0.456 e. The number of anilines is 3. The zero-order chi connectivity index (χ0) is 44.7. The van der Waals surface area contributed by atoms with Gasteiger partial charge in [-0.3, -0.25) is 0 Å². The highest BCUT2D eigenvalue weighted by Crippen LogP contribution is 2.47. The fourth-order valence-corrected chi connectivity index (χ4v) is 11.9. The van der Waals surface area contributed by atoms with Gasteiger partial charge in [0.25, 0.3) is 0 Å². The van der Waals surface area contributed by atoms with Gasteiger partial charge in [0.2, 0.25) is 0 Å². The van der Waals surface area contributed by atoms with E-state index in [2.05, 4.69) is 252 Å². The van der Waals surface area contributed by atoms with Crippen LogP contribution in [0.25, 0.3) is 114 Å². The Morgan fingerprint density at radius 1 is 0.368 bits per heavy atom. The Morgan fingerprint density at radius 2 is 0.912 bits per heavy atom. The average molecular weight is 885 g/mol. The van der Waals surface area contributed by atoms with Crippen LogP contribution in [0, 0.1) is 0 Å². The maximum Gasteiger partial charge on any atom is 0.136 e. The maximum absolute atomic E-state index is 6.62. The Kier molecular flexibility index (Phi) is 8.76. The highest BCUT2D eigenvalue weighted by molar-refractivity contribution is 7.26. The maximum atomic E-state index is 6.62. The second kappa shape index (κ2) is 15.5. The minimum absolute atomic E-state index is 0.875. The van der Waals surface area contributed by atoms with Crippen molar-refractivity contribution in [3.05, 3.63) is 243 Å². The molecule has 0 aliphatic rings. The van der Waals surface area contributed by atoms with Gasteiger partial charge in [-0.2, -0.15) is 0 Å². The standard InChI is InChI=1S/C64H40N2OS/c1-2-16-44-40-61-55(39-43(44)15-1)63-53(23-14-29-60(63)67-61)51-20-6-9-26-57(51)65(46-37-33-42(34-38-46)48-22-13-24-54-52-21-7-12-30-62(52)68-64(48)54)45-35-31-41(32-36-45)47-17-3-8-25-56(47)66-58-27-10-4-18-49(58)50-19-5-11-28-59(50)66/h1-40H. The minimum atomic E-state index is 0.875. The third kappa shape index (κ3) is 6.05. The predicted molar refractivity (Wildman–Crippen MR) is 289 cm³/mol. The molecule has 0 saturated heterocycles. The van der Waals surface area contributed by atoms with Gasteiger partial charge in [-0.25, -0.2) is 0 Å². The van der Waals surface area contributed by atoms with E-state index in [0.717, 1.165) is 61.4 Å². The molecule has 0 N–H and O–H groups in total. The summed E-state index contributed by atoms with van der Waals surface area (Å²) in [6.07, 6.45) is 0. The van der Waals surface area contributed by atoms with Crippen LogP contribution in [0.3, 0.4) is 0 Å². The molecule has 14 aromatic rings. The summed E-state index contributed by atoms with van der Waals surface area (Å²) in [6, 6.07) is 88.2. The normalized spacial score (nSPS) is 11.8. The molecule has 0 unspecified atom stereocenters. The molecule has 0 aliphatic heterocycles. The number of fused-ring (bicyclic) bond motifs is 10. The number of benzene rings is 11.